The Morgan fingerprint density at radius 2 is 1.74 bits per heavy atom. The largest absolute Gasteiger partial charge is 0.357 e. The van der Waals surface area contributed by atoms with E-state index >= 15 is 0 Å². The Kier molecular flexibility index (Phi) is 6.54. The van der Waals surface area contributed by atoms with Gasteiger partial charge in [0.05, 0.1) is 4.91 Å². The number of nitriles is 1. The fourth-order valence-corrected chi connectivity index (χ4v) is 6.35. The summed E-state index contributed by atoms with van der Waals surface area (Å²) in [6, 6.07) is 2.26. The van der Waals surface area contributed by atoms with Crippen LogP contribution in [-0.4, -0.2) is 38.8 Å². The van der Waals surface area contributed by atoms with Crippen LogP contribution in [0.2, 0.25) is 0 Å². The maximum atomic E-state index is 13.3. The lowest BCUT2D eigenvalue weighted by atomic mass is 9.94. The molecule has 0 aromatic carbocycles. The Bertz CT molecular complexity index is 1040. The first-order valence-corrected chi connectivity index (χ1v) is 12.3. The van der Waals surface area contributed by atoms with E-state index in [1.54, 1.807) is 23.4 Å². The van der Waals surface area contributed by atoms with Crippen LogP contribution in [0.15, 0.2) is 9.70 Å². The molecule has 4 rings (SSSR count). The molecule has 2 saturated heterocycles. The highest BCUT2D eigenvalue weighted by Crippen LogP contribution is 2.39. The molecular weight excluding hydrogens is 428 g/mol. The molecule has 1 aromatic heterocycles. The van der Waals surface area contributed by atoms with Gasteiger partial charge in [-0.05, 0) is 50.7 Å². The summed E-state index contributed by atoms with van der Waals surface area (Å²) >= 11 is 6.92. The van der Waals surface area contributed by atoms with Crippen molar-refractivity contribution >= 4 is 46.1 Å². The van der Waals surface area contributed by atoms with Crippen molar-refractivity contribution in [2.45, 2.75) is 64.3 Å². The standard InChI is InChI=1S/C23H28N4O2S2/c1-15-17(13-19-22(29)27(23(30)31-19)16-9-5-3-6-10-16)20(26-11-7-4-8-12-26)25(2)21(28)18(15)14-24/h13,16H,3-12H2,1-2H3/b19-13-. The van der Waals surface area contributed by atoms with Crippen LogP contribution in [0, 0.1) is 18.3 Å². The van der Waals surface area contributed by atoms with E-state index in [0.717, 1.165) is 63.0 Å². The highest BCUT2D eigenvalue weighted by Gasteiger charge is 2.38. The van der Waals surface area contributed by atoms with Crippen molar-refractivity contribution in [2.24, 2.45) is 7.05 Å². The van der Waals surface area contributed by atoms with Gasteiger partial charge in [0.1, 0.15) is 21.8 Å². The zero-order valence-corrected chi connectivity index (χ0v) is 19.8. The number of anilines is 1. The summed E-state index contributed by atoms with van der Waals surface area (Å²) in [4.78, 5) is 30.8. The van der Waals surface area contributed by atoms with Gasteiger partial charge in [-0.3, -0.25) is 19.1 Å². The van der Waals surface area contributed by atoms with Gasteiger partial charge >= 0.3 is 0 Å². The molecule has 31 heavy (non-hydrogen) atoms. The molecule has 3 heterocycles. The summed E-state index contributed by atoms with van der Waals surface area (Å²) in [5.41, 5.74) is 1.27. The quantitative estimate of drug-likeness (QED) is 0.504. The van der Waals surface area contributed by atoms with Crippen LogP contribution in [0.1, 0.15) is 68.1 Å². The number of piperidine rings is 1. The maximum absolute atomic E-state index is 13.3. The maximum Gasteiger partial charge on any atom is 0.270 e. The lowest BCUT2D eigenvalue weighted by molar-refractivity contribution is -0.124. The molecule has 0 spiro atoms. The third-order valence-corrected chi connectivity index (χ3v) is 7.99. The molecule has 8 heteroatoms. The predicted octanol–water partition coefficient (Wildman–Crippen LogP) is 4.09. The molecule has 3 fully saturated rings. The Morgan fingerprint density at radius 3 is 2.39 bits per heavy atom. The number of pyridine rings is 1. The minimum atomic E-state index is -0.285. The SMILES string of the molecule is Cc1c(/C=C2\SC(=S)N(C3CCCCC3)C2=O)c(N2CCCCC2)n(C)c(=O)c1C#N. The molecule has 6 nitrogen and oxygen atoms in total. The van der Waals surface area contributed by atoms with E-state index in [1.165, 1.54) is 24.6 Å². The number of carbonyl (C=O) groups excluding carboxylic acids is 1. The van der Waals surface area contributed by atoms with Crippen LogP contribution in [-0.2, 0) is 11.8 Å². The fraction of sp³-hybridized carbons (Fsp3) is 0.565. The van der Waals surface area contributed by atoms with Crippen molar-refractivity contribution in [1.82, 2.24) is 9.47 Å². The molecule has 0 bridgehead atoms. The van der Waals surface area contributed by atoms with Crippen LogP contribution in [0.25, 0.3) is 6.08 Å². The van der Waals surface area contributed by atoms with Crippen molar-refractivity contribution in [3.05, 3.63) is 31.9 Å². The molecule has 1 amide bonds. The van der Waals surface area contributed by atoms with E-state index in [9.17, 15) is 14.9 Å². The van der Waals surface area contributed by atoms with Gasteiger partial charge in [0, 0.05) is 31.7 Å². The monoisotopic (exact) mass is 456 g/mol. The highest BCUT2D eigenvalue weighted by molar-refractivity contribution is 8.26. The van der Waals surface area contributed by atoms with Crippen molar-refractivity contribution in [1.29, 1.82) is 5.26 Å². The topological polar surface area (TPSA) is 69.3 Å². The molecule has 0 radical (unpaired) electrons. The first kappa shape index (κ1) is 22.1. The molecule has 164 valence electrons. The number of carbonyl (C=O) groups is 1. The predicted molar refractivity (Wildman–Crippen MR) is 129 cm³/mol. The minimum absolute atomic E-state index is 0.0433. The average Bonchev–Trinajstić information content (AvgIpc) is 3.06. The number of nitrogens with zero attached hydrogens (tertiary/aromatic N) is 4. The number of hydrogen-bond acceptors (Lipinski definition) is 6. The summed E-state index contributed by atoms with van der Waals surface area (Å²) in [5.74, 6) is 0.752. The van der Waals surface area contributed by atoms with E-state index in [0.29, 0.717) is 14.8 Å². The number of hydrogen-bond donors (Lipinski definition) is 0. The lowest BCUT2D eigenvalue weighted by Crippen LogP contribution is -2.39. The van der Waals surface area contributed by atoms with E-state index in [4.69, 9.17) is 12.2 Å². The Hall–Kier alpha value is -2.11. The van der Waals surface area contributed by atoms with Gasteiger partial charge in [-0.1, -0.05) is 43.2 Å². The zero-order chi connectivity index (χ0) is 22.1. The number of thiocarbonyl (C=S) groups is 1. The number of amides is 1. The molecule has 2 aliphatic heterocycles. The van der Waals surface area contributed by atoms with Gasteiger partial charge < -0.3 is 4.90 Å². The van der Waals surface area contributed by atoms with Gasteiger partial charge in [-0.2, -0.15) is 5.26 Å². The normalized spacial score (nSPS) is 21.8. The van der Waals surface area contributed by atoms with Crippen LogP contribution in [0.3, 0.4) is 0 Å². The third kappa shape index (κ3) is 4.06. The minimum Gasteiger partial charge on any atom is -0.357 e. The van der Waals surface area contributed by atoms with E-state index in [1.807, 2.05) is 6.08 Å². The summed E-state index contributed by atoms with van der Waals surface area (Å²) < 4.78 is 2.19. The molecule has 0 atom stereocenters. The summed E-state index contributed by atoms with van der Waals surface area (Å²) in [7, 11) is 1.72. The third-order valence-electron chi connectivity index (χ3n) is 6.66. The second-order valence-corrected chi connectivity index (χ2v) is 10.3. The molecule has 0 unspecified atom stereocenters. The van der Waals surface area contributed by atoms with Crippen molar-refractivity contribution in [3.8, 4) is 6.07 Å². The molecule has 0 N–H and O–H groups in total. The molecule has 3 aliphatic rings. The number of aromatic nitrogens is 1. The van der Waals surface area contributed by atoms with Crippen LogP contribution in [0.5, 0.6) is 0 Å². The van der Waals surface area contributed by atoms with Crippen molar-refractivity contribution in [2.75, 3.05) is 18.0 Å². The molecular formula is C23H28N4O2S2. The average molecular weight is 457 g/mol. The van der Waals surface area contributed by atoms with E-state index in [2.05, 4.69) is 11.0 Å². The second kappa shape index (κ2) is 9.17. The summed E-state index contributed by atoms with van der Waals surface area (Å²) in [6.07, 6.45) is 10.6. The van der Waals surface area contributed by atoms with Gasteiger partial charge in [0.25, 0.3) is 11.5 Å². The highest BCUT2D eigenvalue weighted by atomic mass is 32.2. The first-order valence-electron chi connectivity index (χ1n) is 11.1. The Balaban J connectivity index is 1.80. The number of rotatable bonds is 3. The van der Waals surface area contributed by atoms with Crippen LogP contribution < -0.4 is 10.5 Å². The first-order chi connectivity index (χ1) is 14.9. The van der Waals surface area contributed by atoms with E-state index < -0.39 is 0 Å². The van der Waals surface area contributed by atoms with Gasteiger partial charge in [-0.25, -0.2) is 0 Å². The van der Waals surface area contributed by atoms with Crippen LogP contribution in [0.4, 0.5) is 5.82 Å². The smallest absolute Gasteiger partial charge is 0.270 e. The fourth-order valence-electron chi connectivity index (χ4n) is 4.96. The summed E-state index contributed by atoms with van der Waals surface area (Å²) in [6.45, 7) is 3.53. The molecule has 1 aliphatic carbocycles. The summed E-state index contributed by atoms with van der Waals surface area (Å²) in [5, 5.41) is 9.62. The zero-order valence-electron chi connectivity index (χ0n) is 18.1. The van der Waals surface area contributed by atoms with Gasteiger partial charge in [0.2, 0.25) is 0 Å². The van der Waals surface area contributed by atoms with Crippen molar-refractivity contribution < 1.29 is 4.79 Å². The molecule has 1 saturated carbocycles. The lowest BCUT2D eigenvalue weighted by Gasteiger charge is -2.32. The Morgan fingerprint density at radius 1 is 1.10 bits per heavy atom. The van der Waals surface area contributed by atoms with E-state index in [-0.39, 0.29) is 23.1 Å². The second-order valence-electron chi connectivity index (χ2n) is 8.60. The van der Waals surface area contributed by atoms with Crippen molar-refractivity contribution in [3.63, 3.8) is 0 Å². The van der Waals surface area contributed by atoms with Crippen LogP contribution >= 0.6 is 24.0 Å². The number of thioether (sulfide) groups is 1. The Labute approximate surface area is 192 Å². The molecule has 1 aromatic rings. The van der Waals surface area contributed by atoms with Gasteiger partial charge in [0.15, 0.2) is 0 Å². The van der Waals surface area contributed by atoms with Gasteiger partial charge in [-0.15, -0.1) is 0 Å².